The van der Waals surface area contributed by atoms with E-state index in [1.165, 1.54) is 0 Å². The van der Waals surface area contributed by atoms with Crippen LogP contribution in [-0.2, 0) is 16.0 Å². The first-order chi connectivity index (χ1) is 7.06. The van der Waals surface area contributed by atoms with Crippen LogP contribution in [0.1, 0.15) is 5.56 Å². The number of carbonyl (C=O) groups is 3. The van der Waals surface area contributed by atoms with E-state index in [1.807, 2.05) is 30.3 Å². The van der Waals surface area contributed by atoms with Gasteiger partial charge in [0.05, 0.1) is 0 Å². The maximum absolute atomic E-state index is 10.6. The number of Topliss-reactive ketones (excluding diaryl/α,β-unsaturated/α-hetero) is 1. The van der Waals surface area contributed by atoms with E-state index in [0.29, 0.717) is 6.29 Å². The first kappa shape index (κ1) is 12.8. The number of rotatable bonds is 3. The molecule has 1 aromatic rings. The van der Waals surface area contributed by atoms with Crippen molar-refractivity contribution in [1.29, 1.82) is 0 Å². The van der Waals surface area contributed by atoms with Crippen LogP contribution in [0, 0.1) is 0 Å². The average molecular weight is 210 g/mol. The third-order valence-electron chi connectivity index (χ3n) is 1.35. The molecule has 1 rings (SSSR count). The molecular weight excluding hydrogens is 200 g/mol. The van der Waals surface area contributed by atoms with Gasteiger partial charge in [-0.05, 0) is 5.56 Å². The lowest BCUT2D eigenvalue weighted by atomic mass is 10.1. The van der Waals surface area contributed by atoms with Crippen molar-refractivity contribution >= 4 is 18.2 Å². The van der Waals surface area contributed by atoms with Gasteiger partial charge in [0, 0.05) is 6.42 Å². The maximum atomic E-state index is 10.6. The van der Waals surface area contributed by atoms with Crippen molar-refractivity contribution in [2.45, 2.75) is 6.42 Å². The van der Waals surface area contributed by atoms with Gasteiger partial charge in [0.15, 0.2) is 12.1 Å². The van der Waals surface area contributed by atoms with Crippen LogP contribution < -0.4 is 0 Å². The molecule has 0 aliphatic carbocycles. The van der Waals surface area contributed by atoms with Crippen molar-refractivity contribution in [3.8, 4) is 0 Å². The molecule has 0 spiro atoms. The van der Waals surface area contributed by atoms with Crippen molar-refractivity contribution in [3.63, 3.8) is 0 Å². The molecule has 0 bridgehead atoms. The quantitative estimate of drug-likeness (QED) is 0.578. The Balaban J connectivity index is 0.000000423. The zero-order valence-corrected chi connectivity index (χ0v) is 7.79. The molecule has 0 saturated carbocycles. The Labute approximate surface area is 86.0 Å². The summed E-state index contributed by atoms with van der Waals surface area (Å²) in [7, 11) is 0. The fourth-order valence-electron chi connectivity index (χ4n) is 0.839. The van der Waals surface area contributed by atoms with E-state index in [4.69, 9.17) is 15.0 Å². The zero-order valence-electron chi connectivity index (χ0n) is 7.79. The SMILES string of the molecule is O=C(O)O.O=CC(=O)Cc1ccccc1. The summed E-state index contributed by atoms with van der Waals surface area (Å²) in [5, 5.41) is 13.9. The minimum Gasteiger partial charge on any atom is -0.450 e. The van der Waals surface area contributed by atoms with Gasteiger partial charge in [-0.3, -0.25) is 9.59 Å². The van der Waals surface area contributed by atoms with Gasteiger partial charge < -0.3 is 10.2 Å². The molecule has 0 fully saturated rings. The number of hydrogen-bond donors (Lipinski definition) is 2. The van der Waals surface area contributed by atoms with Gasteiger partial charge in [-0.1, -0.05) is 30.3 Å². The number of carboxylic acid groups (broad SMARTS) is 2. The van der Waals surface area contributed by atoms with Gasteiger partial charge in [0.2, 0.25) is 0 Å². The van der Waals surface area contributed by atoms with E-state index in [-0.39, 0.29) is 12.2 Å². The second kappa shape index (κ2) is 7.25. The van der Waals surface area contributed by atoms with Crippen molar-refractivity contribution in [2.75, 3.05) is 0 Å². The van der Waals surface area contributed by atoms with Crippen LogP contribution in [0.2, 0.25) is 0 Å². The summed E-state index contributed by atoms with van der Waals surface area (Å²) in [4.78, 5) is 29.1. The fraction of sp³-hybridized carbons (Fsp3) is 0.100. The second-order valence-electron chi connectivity index (χ2n) is 2.53. The van der Waals surface area contributed by atoms with Crippen LogP contribution in [-0.4, -0.2) is 28.4 Å². The molecule has 5 heteroatoms. The van der Waals surface area contributed by atoms with Crippen molar-refractivity contribution < 1.29 is 24.6 Å². The summed E-state index contributed by atoms with van der Waals surface area (Å²) < 4.78 is 0. The molecular formula is C10H10O5. The van der Waals surface area contributed by atoms with Crippen LogP contribution >= 0.6 is 0 Å². The molecule has 0 atom stereocenters. The lowest BCUT2D eigenvalue weighted by molar-refractivity contribution is -0.129. The Hall–Kier alpha value is -2.17. The highest BCUT2D eigenvalue weighted by molar-refractivity contribution is 6.25. The first-order valence-electron chi connectivity index (χ1n) is 4.00. The fourth-order valence-corrected chi connectivity index (χ4v) is 0.839. The van der Waals surface area contributed by atoms with E-state index in [1.54, 1.807) is 0 Å². The minimum absolute atomic E-state index is 0.213. The molecule has 0 saturated heterocycles. The smallest absolute Gasteiger partial charge is 0.450 e. The maximum Gasteiger partial charge on any atom is 0.503 e. The highest BCUT2D eigenvalue weighted by Crippen LogP contribution is 1.98. The molecule has 0 aliphatic heterocycles. The molecule has 80 valence electrons. The summed E-state index contributed by atoms with van der Waals surface area (Å²) in [5.41, 5.74) is 0.879. The minimum atomic E-state index is -1.83. The lowest BCUT2D eigenvalue weighted by Crippen LogP contribution is -2.02. The Kier molecular flexibility index (Phi) is 6.20. The highest BCUT2D eigenvalue weighted by atomic mass is 16.6. The third kappa shape index (κ3) is 8.17. The molecule has 1 aromatic carbocycles. The Morgan fingerprint density at radius 2 is 1.60 bits per heavy atom. The van der Waals surface area contributed by atoms with Crippen molar-refractivity contribution in [1.82, 2.24) is 0 Å². The van der Waals surface area contributed by atoms with Crippen LogP contribution in [0.25, 0.3) is 0 Å². The molecule has 5 nitrogen and oxygen atoms in total. The Morgan fingerprint density at radius 1 is 1.13 bits per heavy atom. The summed E-state index contributed by atoms with van der Waals surface area (Å²) >= 11 is 0. The standard InChI is InChI=1S/C9H8O2.CH2O3/c10-7-9(11)6-8-4-2-1-3-5-8;2-1(3)4/h1-5,7H,6H2;(H2,2,3,4). The van der Waals surface area contributed by atoms with Crippen LogP contribution in [0.3, 0.4) is 0 Å². The Morgan fingerprint density at radius 3 is 2.00 bits per heavy atom. The lowest BCUT2D eigenvalue weighted by Gasteiger charge is -1.93. The molecule has 0 amide bonds. The molecule has 0 unspecified atom stereocenters. The predicted octanol–water partition coefficient (Wildman–Crippen LogP) is 1.22. The van der Waals surface area contributed by atoms with Crippen LogP contribution in [0.5, 0.6) is 0 Å². The normalized spacial score (nSPS) is 8.27. The highest BCUT2D eigenvalue weighted by Gasteiger charge is 1.98. The van der Waals surface area contributed by atoms with Gasteiger partial charge in [-0.15, -0.1) is 0 Å². The summed E-state index contributed by atoms with van der Waals surface area (Å²) in [6.07, 6.45) is -1.27. The van der Waals surface area contributed by atoms with Crippen molar-refractivity contribution in [2.24, 2.45) is 0 Å². The largest absolute Gasteiger partial charge is 0.503 e. The third-order valence-corrected chi connectivity index (χ3v) is 1.35. The summed E-state index contributed by atoms with van der Waals surface area (Å²) in [6.45, 7) is 0. The molecule has 0 radical (unpaired) electrons. The molecule has 2 N–H and O–H groups in total. The number of ketones is 1. The van der Waals surface area contributed by atoms with E-state index < -0.39 is 6.16 Å². The van der Waals surface area contributed by atoms with Crippen molar-refractivity contribution in [3.05, 3.63) is 35.9 Å². The van der Waals surface area contributed by atoms with E-state index >= 15 is 0 Å². The van der Waals surface area contributed by atoms with E-state index in [2.05, 4.69) is 0 Å². The second-order valence-corrected chi connectivity index (χ2v) is 2.53. The van der Waals surface area contributed by atoms with Crippen LogP contribution in [0.15, 0.2) is 30.3 Å². The number of benzene rings is 1. The van der Waals surface area contributed by atoms with E-state index in [9.17, 15) is 9.59 Å². The number of aldehydes is 1. The zero-order chi connectivity index (χ0) is 11.7. The van der Waals surface area contributed by atoms with Crippen LogP contribution in [0.4, 0.5) is 4.79 Å². The number of hydrogen-bond acceptors (Lipinski definition) is 3. The molecule has 0 aliphatic rings. The molecule has 0 heterocycles. The predicted molar refractivity (Wildman–Crippen MR) is 51.9 cm³/mol. The summed E-state index contributed by atoms with van der Waals surface area (Å²) in [6, 6.07) is 9.19. The van der Waals surface area contributed by atoms with Gasteiger partial charge in [0.25, 0.3) is 0 Å². The molecule has 15 heavy (non-hydrogen) atoms. The van der Waals surface area contributed by atoms with Gasteiger partial charge in [-0.2, -0.15) is 0 Å². The average Bonchev–Trinajstić information content (AvgIpc) is 2.18. The van der Waals surface area contributed by atoms with Gasteiger partial charge in [-0.25, -0.2) is 4.79 Å². The topological polar surface area (TPSA) is 91.7 Å². The first-order valence-corrected chi connectivity index (χ1v) is 4.00. The monoisotopic (exact) mass is 210 g/mol. The summed E-state index contributed by atoms with van der Waals surface area (Å²) in [5.74, 6) is -0.379. The van der Waals surface area contributed by atoms with Gasteiger partial charge in [0.1, 0.15) is 0 Å². The molecule has 0 aromatic heterocycles. The van der Waals surface area contributed by atoms with E-state index in [0.717, 1.165) is 5.56 Å². The van der Waals surface area contributed by atoms with Gasteiger partial charge >= 0.3 is 6.16 Å². The number of carbonyl (C=O) groups excluding carboxylic acids is 2. The Bertz CT molecular complexity index is 327.